The SMILES string of the molecule is C=CCCCN1CCN(C(C)C)C(CC(=O)O)C1=O. The van der Waals surface area contributed by atoms with Crippen LogP contribution in [0.4, 0.5) is 0 Å². The molecule has 108 valence electrons. The van der Waals surface area contributed by atoms with Crippen molar-refractivity contribution in [3.63, 3.8) is 0 Å². The molecule has 0 aromatic carbocycles. The molecular weight excluding hydrogens is 244 g/mol. The highest BCUT2D eigenvalue weighted by molar-refractivity contribution is 5.86. The molecule has 1 aliphatic heterocycles. The molecule has 0 spiro atoms. The molecule has 0 aliphatic carbocycles. The normalized spacial score (nSPS) is 20.9. The number of amides is 1. The van der Waals surface area contributed by atoms with Gasteiger partial charge in [0.25, 0.3) is 0 Å². The Balaban J connectivity index is 2.70. The zero-order valence-electron chi connectivity index (χ0n) is 11.8. The number of nitrogens with zero attached hydrogens (tertiary/aromatic N) is 2. The lowest BCUT2D eigenvalue weighted by Gasteiger charge is -2.42. The molecule has 1 aliphatic rings. The molecular formula is C14H24N2O3. The molecule has 0 radical (unpaired) electrons. The summed E-state index contributed by atoms with van der Waals surface area (Å²) >= 11 is 0. The van der Waals surface area contributed by atoms with E-state index in [1.165, 1.54) is 0 Å². The van der Waals surface area contributed by atoms with Crippen molar-refractivity contribution >= 4 is 11.9 Å². The summed E-state index contributed by atoms with van der Waals surface area (Å²) in [5, 5.41) is 8.97. The first kappa shape index (κ1) is 15.7. The van der Waals surface area contributed by atoms with Crippen molar-refractivity contribution in [2.45, 2.75) is 45.2 Å². The Bertz CT molecular complexity index is 342. The van der Waals surface area contributed by atoms with Gasteiger partial charge in [0, 0.05) is 25.7 Å². The lowest BCUT2D eigenvalue weighted by molar-refractivity contribution is -0.150. The number of unbranched alkanes of at least 4 members (excludes halogenated alkanes) is 1. The van der Waals surface area contributed by atoms with Crippen molar-refractivity contribution < 1.29 is 14.7 Å². The zero-order valence-corrected chi connectivity index (χ0v) is 11.8. The number of carboxylic acids is 1. The smallest absolute Gasteiger partial charge is 0.305 e. The number of piperazine rings is 1. The van der Waals surface area contributed by atoms with Gasteiger partial charge in [-0.1, -0.05) is 6.08 Å². The molecule has 1 fully saturated rings. The van der Waals surface area contributed by atoms with Crippen LogP contribution < -0.4 is 0 Å². The van der Waals surface area contributed by atoms with Crippen molar-refractivity contribution in [2.75, 3.05) is 19.6 Å². The van der Waals surface area contributed by atoms with Crippen molar-refractivity contribution in [3.8, 4) is 0 Å². The van der Waals surface area contributed by atoms with Crippen LogP contribution in [0, 0.1) is 0 Å². The molecule has 5 heteroatoms. The van der Waals surface area contributed by atoms with Crippen LogP contribution in [0.5, 0.6) is 0 Å². The van der Waals surface area contributed by atoms with E-state index in [2.05, 4.69) is 6.58 Å². The van der Waals surface area contributed by atoms with E-state index in [1.54, 1.807) is 4.90 Å². The maximum absolute atomic E-state index is 12.4. The molecule has 1 heterocycles. The van der Waals surface area contributed by atoms with Gasteiger partial charge in [-0.3, -0.25) is 14.5 Å². The molecule has 19 heavy (non-hydrogen) atoms. The van der Waals surface area contributed by atoms with E-state index in [9.17, 15) is 9.59 Å². The second-order valence-corrected chi connectivity index (χ2v) is 5.20. The van der Waals surface area contributed by atoms with Gasteiger partial charge in [-0.15, -0.1) is 6.58 Å². The average Bonchev–Trinajstić information content (AvgIpc) is 2.33. The minimum atomic E-state index is -0.919. The summed E-state index contributed by atoms with van der Waals surface area (Å²) in [6, 6.07) is -0.335. The fourth-order valence-electron chi connectivity index (χ4n) is 2.49. The van der Waals surface area contributed by atoms with Crippen LogP contribution in [0.2, 0.25) is 0 Å². The molecule has 5 nitrogen and oxygen atoms in total. The fraction of sp³-hybridized carbons (Fsp3) is 0.714. The quantitative estimate of drug-likeness (QED) is 0.559. The Kier molecular flexibility index (Phi) is 6.02. The summed E-state index contributed by atoms with van der Waals surface area (Å²) in [7, 11) is 0. The third-order valence-corrected chi connectivity index (χ3v) is 3.49. The Morgan fingerprint density at radius 2 is 2.21 bits per heavy atom. The van der Waals surface area contributed by atoms with E-state index < -0.39 is 12.0 Å². The summed E-state index contributed by atoms with van der Waals surface area (Å²) in [5.74, 6) is -0.969. The summed E-state index contributed by atoms with van der Waals surface area (Å²) < 4.78 is 0. The van der Waals surface area contributed by atoms with Crippen LogP contribution in [0.25, 0.3) is 0 Å². The van der Waals surface area contributed by atoms with Gasteiger partial charge in [-0.05, 0) is 26.7 Å². The van der Waals surface area contributed by atoms with Gasteiger partial charge in [-0.2, -0.15) is 0 Å². The van der Waals surface area contributed by atoms with E-state index in [4.69, 9.17) is 5.11 Å². The van der Waals surface area contributed by atoms with E-state index in [1.807, 2.05) is 24.8 Å². The highest BCUT2D eigenvalue weighted by atomic mass is 16.4. The van der Waals surface area contributed by atoms with Gasteiger partial charge in [-0.25, -0.2) is 0 Å². The molecule has 1 unspecified atom stereocenters. The number of allylic oxidation sites excluding steroid dienone is 1. The molecule has 0 aromatic rings. The van der Waals surface area contributed by atoms with Crippen molar-refractivity contribution in [3.05, 3.63) is 12.7 Å². The van der Waals surface area contributed by atoms with Crippen LogP contribution in [0.15, 0.2) is 12.7 Å². The number of carboxylic acid groups (broad SMARTS) is 1. The minimum absolute atomic E-state index is 0.0496. The molecule has 0 bridgehead atoms. The van der Waals surface area contributed by atoms with Gasteiger partial charge >= 0.3 is 5.97 Å². The number of carbonyl (C=O) groups excluding carboxylic acids is 1. The number of carbonyl (C=O) groups is 2. The van der Waals surface area contributed by atoms with E-state index in [-0.39, 0.29) is 18.4 Å². The molecule has 1 rings (SSSR count). The Morgan fingerprint density at radius 1 is 1.53 bits per heavy atom. The van der Waals surface area contributed by atoms with Gasteiger partial charge in [0.15, 0.2) is 0 Å². The van der Waals surface area contributed by atoms with Crippen LogP contribution in [-0.2, 0) is 9.59 Å². The van der Waals surface area contributed by atoms with Gasteiger partial charge in [0.2, 0.25) is 5.91 Å². The molecule has 1 atom stereocenters. The largest absolute Gasteiger partial charge is 0.481 e. The summed E-state index contributed by atoms with van der Waals surface area (Å²) in [4.78, 5) is 27.1. The summed E-state index contributed by atoms with van der Waals surface area (Å²) in [6.45, 7) is 9.77. The summed E-state index contributed by atoms with van der Waals surface area (Å²) in [6.07, 6.45) is 3.48. The van der Waals surface area contributed by atoms with Crippen molar-refractivity contribution in [1.29, 1.82) is 0 Å². The summed E-state index contributed by atoms with van der Waals surface area (Å²) in [5.41, 5.74) is 0. The van der Waals surface area contributed by atoms with Crippen LogP contribution >= 0.6 is 0 Å². The Labute approximate surface area is 114 Å². The monoisotopic (exact) mass is 268 g/mol. The molecule has 1 N–H and O–H groups in total. The van der Waals surface area contributed by atoms with Gasteiger partial charge in [0.1, 0.15) is 6.04 Å². The van der Waals surface area contributed by atoms with E-state index in [0.717, 1.165) is 19.4 Å². The predicted molar refractivity (Wildman–Crippen MR) is 73.9 cm³/mol. The predicted octanol–water partition coefficient (Wildman–Crippen LogP) is 1.35. The Hall–Kier alpha value is -1.36. The molecule has 1 saturated heterocycles. The number of hydrogen-bond acceptors (Lipinski definition) is 3. The highest BCUT2D eigenvalue weighted by Gasteiger charge is 2.36. The minimum Gasteiger partial charge on any atom is -0.481 e. The second-order valence-electron chi connectivity index (χ2n) is 5.20. The van der Waals surface area contributed by atoms with Gasteiger partial charge < -0.3 is 10.0 Å². The molecule has 1 amide bonds. The first-order valence-electron chi connectivity index (χ1n) is 6.84. The average molecular weight is 268 g/mol. The Morgan fingerprint density at radius 3 is 2.74 bits per heavy atom. The van der Waals surface area contributed by atoms with Crippen LogP contribution in [-0.4, -0.2) is 58.5 Å². The maximum Gasteiger partial charge on any atom is 0.305 e. The standard InChI is InChI=1S/C14H24N2O3/c1-4-5-6-7-15-8-9-16(11(2)3)12(14(15)19)10-13(17)18/h4,11-12H,1,5-10H2,2-3H3,(H,17,18). The highest BCUT2D eigenvalue weighted by Crippen LogP contribution is 2.18. The first-order valence-corrected chi connectivity index (χ1v) is 6.84. The van der Waals surface area contributed by atoms with E-state index in [0.29, 0.717) is 13.1 Å². The fourth-order valence-corrected chi connectivity index (χ4v) is 2.49. The first-order chi connectivity index (χ1) is 8.97. The third kappa shape index (κ3) is 4.35. The lowest BCUT2D eigenvalue weighted by Crippen LogP contribution is -2.59. The van der Waals surface area contributed by atoms with Crippen molar-refractivity contribution in [2.24, 2.45) is 0 Å². The number of hydrogen-bond donors (Lipinski definition) is 1. The third-order valence-electron chi connectivity index (χ3n) is 3.49. The van der Waals surface area contributed by atoms with Crippen LogP contribution in [0.3, 0.4) is 0 Å². The van der Waals surface area contributed by atoms with E-state index >= 15 is 0 Å². The number of rotatable bonds is 7. The zero-order chi connectivity index (χ0) is 14.4. The topological polar surface area (TPSA) is 60.9 Å². The number of aliphatic carboxylic acids is 1. The molecule has 0 aromatic heterocycles. The van der Waals surface area contributed by atoms with Crippen molar-refractivity contribution in [1.82, 2.24) is 9.80 Å². The second kappa shape index (κ2) is 7.28. The van der Waals surface area contributed by atoms with Crippen LogP contribution in [0.1, 0.15) is 33.1 Å². The van der Waals surface area contributed by atoms with Gasteiger partial charge in [0.05, 0.1) is 6.42 Å². The maximum atomic E-state index is 12.4. The molecule has 0 saturated carbocycles. The lowest BCUT2D eigenvalue weighted by atomic mass is 10.0.